The third-order valence-corrected chi connectivity index (χ3v) is 12.0. The minimum absolute atomic E-state index is 0.846. The van der Waals surface area contributed by atoms with E-state index in [1.165, 1.54) is 34.1 Å². The van der Waals surface area contributed by atoms with Gasteiger partial charge in [-0.1, -0.05) is 23.5 Å². The number of thiophene rings is 5. The van der Waals surface area contributed by atoms with E-state index < -0.39 is 0 Å². The molecule has 35 heavy (non-hydrogen) atoms. The summed E-state index contributed by atoms with van der Waals surface area (Å²) in [6, 6.07) is 27.7. The number of rotatable bonds is 6. The second kappa shape index (κ2) is 9.13. The molecular formula is C27H15NOS6. The first-order valence-corrected chi connectivity index (χ1v) is 15.8. The predicted molar refractivity (Wildman–Crippen MR) is 157 cm³/mol. The topological polar surface area (TPSA) is 22.1 Å². The van der Waals surface area contributed by atoms with Gasteiger partial charge in [0, 0.05) is 35.3 Å². The second-order valence-corrected chi connectivity index (χ2v) is 13.8. The third-order valence-electron chi connectivity index (χ3n) is 5.35. The van der Waals surface area contributed by atoms with Gasteiger partial charge < -0.3 is 4.74 Å². The highest BCUT2D eigenvalue weighted by atomic mass is 32.1. The summed E-state index contributed by atoms with van der Waals surface area (Å²) in [7, 11) is 0. The van der Waals surface area contributed by atoms with Crippen LogP contribution in [0.3, 0.4) is 0 Å². The van der Waals surface area contributed by atoms with Crippen molar-refractivity contribution in [3.63, 3.8) is 0 Å². The molecule has 170 valence electrons. The zero-order valence-electron chi connectivity index (χ0n) is 18.0. The van der Waals surface area contributed by atoms with Crippen LogP contribution in [0.4, 0.5) is 0 Å². The lowest BCUT2D eigenvalue weighted by atomic mass is 10.3. The highest BCUT2D eigenvalue weighted by Crippen LogP contribution is 2.43. The number of benzene rings is 1. The molecule has 0 amide bonds. The van der Waals surface area contributed by atoms with Gasteiger partial charge in [-0.25, -0.2) is 4.98 Å². The Hall–Kier alpha value is -2.59. The highest BCUT2D eigenvalue weighted by Gasteiger charge is 2.13. The summed E-state index contributed by atoms with van der Waals surface area (Å²) in [4.78, 5) is 13.9. The molecule has 6 aromatic heterocycles. The Morgan fingerprint density at radius 2 is 1.17 bits per heavy atom. The molecule has 0 spiro atoms. The van der Waals surface area contributed by atoms with Crippen LogP contribution in [0.2, 0.25) is 0 Å². The molecule has 1 aromatic carbocycles. The molecule has 0 aliphatic rings. The summed E-state index contributed by atoms with van der Waals surface area (Å²) in [6.07, 6.45) is 0. The van der Waals surface area contributed by atoms with Crippen LogP contribution in [0.25, 0.3) is 49.4 Å². The van der Waals surface area contributed by atoms with E-state index in [9.17, 15) is 0 Å². The summed E-state index contributed by atoms with van der Waals surface area (Å²) in [6.45, 7) is 0. The maximum atomic E-state index is 6.18. The molecule has 2 nitrogen and oxygen atoms in total. The van der Waals surface area contributed by atoms with Crippen molar-refractivity contribution in [3.05, 3.63) is 89.6 Å². The smallest absolute Gasteiger partial charge is 0.181 e. The van der Waals surface area contributed by atoms with Crippen LogP contribution < -0.4 is 4.74 Å². The van der Waals surface area contributed by atoms with E-state index in [1.807, 2.05) is 23.5 Å². The van der Waals surface area contributed by atoms with E-state index in [1.54, 1.807) is 56.7 Å². The monoisotopic (exact) mass is 561 g/mol. The van der Waals surface area contributed by atoms with Gasteiger partial charge in [0.05, 0.1) is 15.1 Å². The Morgan fingerprint density at radius 3 is 1.89 bits per heavy atom. The average Bonchev–Trinajstić information content (AvgIpc) is 3.72. The fourth-order valence-electron chi connectivity index (χ4n) is 3.72. The molecule has 0 atom stereocenters. The summed E-state index contributed by atoms with van der Waals surface area (Å²) in [5.74, 6) is 0.846. The molecule has 0 saturated carbocycles. The average molecular weight is 562 g/mol. The summed E-state index contributed by atoms with van der Waals surface area (Å²) in [5, 5.41) is 6.19. The Bertz CT molecular complexity index is 1730. The zero-order chi connectivity index (χ0) is 23.2. The first-order valence-electron chi connectivity index (χ1n) is 10.7. The van der Waals surface area contributed by atoms with E-state index >= 15 is 0 Å². The van der Waals surface area contributed by atoms with Crippen LogP contribution in [-0.4, -0.2) is 4.98 Å². The molecule has 0 fully saturated rings. The quantitative estimate of drug-likeness (QED) is 0.201. The van der Waals surface area contributed by atoms with Crippen molar-refractivity contribution in [2.75, 3.05) is 0 Å². The van der Waals surface area contributed by atoms with E-state index in [0.29, 0.717) is 0 Å². The van der Waals surface area contributed by atoms with Gasteiger partial charge in [0.2, 0.25) is 0 Å². The first kappa shape index (κ1) is 21.7. The number of hydrogen-bond donors (Lipinski definition) is 0. The van der Waals surface area contributed by atoms with Crippen molar-refractivity contribution in [1.82, 2.24) is 4.98 Å². The largest absolute Gasteiger partial charge is 0.447 e. The standard InChI is InChI=1S/C27H15NOS6/c1-3-18(30-13-1)20-7-8-22(32-20)23-9-10-24(33-23)27-28-17-6-5-16(15-25(17)35-27)29-26-12-11-21(34-26)19-4-2-14-31-19/h1-15H. The van der Waals surface area contributed by atoms with Gasteiger partial charge in [0.15, 0.2) is 5.06 Å². The highest BCUT2D eigenvalue weighted by molar-refractivity contribution is 7.29. The first-order chi connectivity index (χ1) is 17.3. The SMILES string of the molecule is c1csc(-c2ccc(Oc3ccc4nc(-c5ccc(-c6ccc(-c7cccs7)s6)s5)sc4c3)s2)c1. The minimum atomic E-state index is 0.846. The van der Waals surface area contributed by atoms with Gasteiger partial charge in [-0.2, -0.15) is 0 Å². The Morgan fingerprint density at radius 1 is 0.543 bits per heavy atom. The van der Waals surface area contributed by atoms with Crippen LogP contribution in [0.15, 0.2) is 89.6 Å². The van der Waals surface area contributed by atoms with E-state index in [-0.39, 0.29) is 0 Å². The zero-order valence-corrected chi connectivity index (χ0v) is 22.9. The fourth-order valence-corrected chi connectivity index (χ4v) is 9.42. The minimum Gasteiger partial charge on any atom is -0.447 e. The van der Waals surface area contributed by atoms with E-state index in [2.05, 4.69) is 77.5 Å². The summed E-state index contributed by atoms with van der Waals surface area (Å²) >= 11 is 10.6. The van der Waals surface area contributed by atoms with Crippen LogP contribution in [0.1, 0.15) is 0 Å². The van der Waals surface area contributed by atoms with Crippen LogP contribution in [0.5, 0.6) is 10.8 Å². The van der Waals surface area contributed by atoms with Crippen LogP contribution >= 0.6 is 68.0 Å². The van der Waals surface area contributed by atoms with Crippen molar-refractivity contribution in [2.45, 2.75) is 0 Å². The molecule has 0 aliphatic heterocycles. The molecule has 7 rings (SSSR count). The summed E-state index contributed by atoms with van der Waals surface area (Å²) < 4.78 is 7.32. The lowest BCUT2D eigenvalue weighted by molar-refractivity contribution is 0.497. The van der Waals surface area contributed by atoms with Crippen molar-refractivity contribution in [1.29, 1.82) is 0 Å². The Balaban J connectivity index is 1.13. The number of nitrogens with zero attached hydrogens (tertiary/aromatic N) is 1. The number of thiazole rings is 1. The molecule has 0 radical (unpaired) electrons. The van der Waals surface area contributed by atoms with E-state index in [0.717, 1.165) is 26.0 Å². The molecule has 0 unspecified atom stereocenters. The molecule has 7 aromatic rings. The summed E-state index contributed by atoms with van der Waals surface area (Å²) in [5.41, 5.74) is 1.01. The van der Waals surface area contributed by atoms with Gasteiger partial charge in [0.1, 0.15) is 10.8 Å². The number of aromatic nitrogens is 1. The van der Waals surface area contributed by atoms with Crippen LogP contribution in [0, 0.1) is 0 Å². The van der Waals surface area contributed by atoms with Crippen molar-refractivity contribution in [3.8, 4) is 50.0 Å². The third kappa shape index (κ3) is 4.31. The maximum absolute atomic E-state index is 6.18. The lowest BCUT2D eigenvalue weighted by Gasteiger charge is -2.01. The van der Waals surface area contributed by atoms with Gasteiger partial charge in [-0.3, -0.25) is 0 Å². The lowest BCUT2D eigenvalue weighted by Crippen LogP contribution is -1.79. The van der Waals surface area contributed by atoms with Crippen molar-refractivity contribution in [2.24, 2.45) is 0 Å². The predicted octanol–water partition coefficient (Wildman–Crippen LogP) is 11.1. The molecule has 6 heterocycles. The molecule has 0 saturated heterocycles. The van der Waals surface area contributed by atoms with Gasteiger partial charge in [-0.15, -0.1) is 56.7 Å². The van der Waals surface area contributed by atoms with Crippen molar-refractivity contribution >= 4 is 78.2 Å². The molecule has 0 aliphatic carbocycles. The normalized spacial score (nSPS) is 11.4. The molecule has 0 N–H and O–H groups in total. The Labute approximate surface area is 226 Å². The van der Waals surface area contributed by atoms with Crippen molar-refractivity contribution < 1.29 is 4.74 Å². The molecular weight excluding hydrogens is 547 g/mol. The number of hydrogen-bond acceptors (Lipinski definition) is 8. The van der Waals surface area contributed by atoms with Gasteiger partial charge in [-0.05, 0) is 71.4 Å². The number of fused-ring (bicyclic) bond motifs is 1. The second-order valence-electron chi connectivity index (χ2n) is 7.65. The maximum Gasteiger partial charge on any atom is 0.181 e. The van der Waals surface area contributed by atoms with Crippen LogP contribution in [-0.2, 0) is 0 Å². The molecule has 0 bridgehead atoms. The Kier molecular flexibility index (Phi) is 5.65. The fraction of sp³-hybridized carbons (Fsp3) is 0. The van der Waals surface area contributed by atoms with Gasteiger partial charge in [0.25, 0.3) is 0 Å². The van der Waals surface area contributed by atoms with E-state index in [4.69, 9.17) is 9.72 Å². The number of ether oxygens (including phenoxy) is 1. The van der Waals surface area contributed by atoms with Gasteiger partial charge >= 0.3 is 0 Å². The molecule has 8 heteroatoms.